The Morgan fingerprint density at radius 3 is 2.59 bits per heavy atom. The summed E-state index contributed by atoms with van der Waals surface area (Å²) < 4.78 is 2.31. The van der Waals surface area contributed by atoms with E-state index in [2.05, 4.69) is 37.0 Å². The molecule has 1 aromatic carbocycles. The molecule has 4 rings (SSSR count). The predicted octanol–water partition coefficient (Wildman–Crippen LogP) is 3.96. The number of aromatic nitrogens is 4. The second kappa shape index (κ2) is 8.25. The summed E-state index contributed by atoms with van der Waals surface area (Å²) in [6.07, 6.45) is 7.69. The molecule has 142 valence electrons. The molecule has 0 fully saturated rings. The number of imidazole rings is 1. The van der Waals surface area contributed by atoms with Gasteiger partial charge < -0.3 is 4.98 Å². The zero-order chi connectivity index (χ0) is 20.2. The maximum Gasteiger partial charge on any atom is 0.256 e. The highest BCUT2D eigenvalue weighted by Crippen LogP contribution is 2.26. The first-order chi connectivity index (χ1) is 14.1. The smallest absolute Gasteiger partial charge is 0.256 e. The molecule has 0 spiro atoms. The van der Waals surface area contributed by atoms with Crippen LogP contribution in [0.3, 0.4) is 0 Å². The molecule has 29 heavy (non-hydrogen) atoms. The molecule has 0 aliphatic heterocycles. The molecular weight excluding hydrogens is 430 g/mol. The standard InChI is InChI=1S/C22H16BrN5O/c23-18-6-8-21(29)28(14-18)20-7-3-16(13-27-20)11-19(22-25-9-10-26-22)17-4-1-15(12-24)2-5-17/h1-10,13-14,19H,11H2,(H,25,26). The van der Waals surface area contributed by atoms with E-state index in [1.807, 2.05) is 36.4 Å². The van der Waals surface area contributed by atoms with Crippen molar-refractivity contribution in [2.45, 2.75) is 12.3 Å². The van der Waals surface area contributed by atoms with Crippen LogP contribution in [0.25, 0.3) is 5.82 Å². The Hall–Kier alpha value is -3.50. The molecule has 3 aromatic heterocycles. The molecule has 1 atom stereocenters. The second-order valence-electron chi connectivity index (χ2n) is 6.55. The van der Waals surface area contributed by atoms with E-state index in [-0.39, 0.29) is 11.5 Å². The summed E-state index contributed by atoms with van der Waals surface area (Å²) in [6.45, 7) is 0. The topological polar surface area (TPSA) is 87.4 Å². The van der Waals surface area contributed by atoms with E-state index in [1.54, 1.807) is 30.9 Å². The first-order valence-corrected chi connectivity index (χ1v) is 9.76. The highest BCUT2D eigenvalue weighted by atomic mass is 79.9. The van der Waals surface area contributed by atoms with Gasteiger partial charge >= 0.3 is 0 Å². The van der Waals surface area contributed by atoms with Gasteiger partial charge in [0.15, 0.2) is 0 Å². The summed E-state index contributed by atoms with van der Waals surface area (Å²) in [5.74, 6) is 1.41. The molecule has 1 N–H and O–H groups in total. The quantitative estimate of drug-likeness (QED) is 0.503. The number of nitriles is 1. The number of hydrogen-bond donors (Lipinski definition) is 1. The van der Waals surface area contributed by atoms with E-state index < -0.39 is 0 Å². The highest BCUT2D eigenvalue weighted by molar-refractivity contribution is 9.10. The molecule has 4 aromatic rings. The Morgan fingerprint density at radius 1 is 1.10 bits per heavy atom. The zero-order valence-corrected chi connectivity index (χ0v) is 16.9. The predicted molar refractivity (Wildman–Crippen MR) is 113 cm³/mol. The molecule has 0 saturated heterocycles. The number of rotatable bonds is 5. The number of hydrogen-bond acceptors (Lipinski definition) is 4. The van der Waals surface area contributed by atoms with Gasteiger partial charge in [0, 0.05) is 41.2 Å². The number of H-pyrrole nitrogens is 1. The van der Waals surface area contributed by atoms with Crippen molar-refractivity contribution in [3.8, 4) is 11.9 Å². The van der Waals surface area contributed by atoms with Gasteiger partial charge in [-0.1, -0.05) is 18.2 Å². The maximum absolute atomic E-state index is 12.1. The molecule has 0 aliphatic rings. The van der Waals surface area contributed by atoms with E-state index >= 15 is 0 Å². The van der Waals surface area contributed by atoms with Crippen LogP contribution in [0.1, 0.15) is 28.4 Å². The Morgan fingerprint density at radius 2 is 1.93 bits per heavy atom. The monoisotopic (exact) mass is 445 g/mol. The first kappa shape index (κ1) is 18.8. The third-order valence-corrected chi connectivity index (χ3v) is 5.13. The van der Waals surface area contributed by atoms with Gasteiger partial charge in [-0.3, -0.25) is 9.36 Å². The normalized spacial score (nSPS) is 11.7. The van der Waals surface area contributed by atoms with E-state index in [0.29, 0.717) is 17.8 Å². The average Bonchev–Trinajstić information content (AvgIpc) is 3.29. The minimum Gasteiger partial charge on any atom is -0.348 e. The maximum atomic E-state index is 12.1. The number of pyridine rings is 2. The fraction of sp³-hybridized carbons (Fsp3) is 0.0909. The lowest BCUT2D eigenvalue weighted by atomic mass is 9.91. The number of benzene rings is 1. The van der Waals surface area contributed by atoms with Crippen LogP contribution in [-0.4, -0.2) is 19.5 Å². The molecule has 0 aliphatic carbocycles. The van der Waals surface area contributed by atoms with Crippen molar-refractivity contribution >= 4 is 15.9 Å². The van der Waals surface area contributed by atoms with Crippen molar-refractivity contribution < 1.29 is 0 Å². The average molecular weight is 446 g/mol. The van der Waals surface area contributed by atoms with Gasteiger partial charge in [-0.25, -0.2) is 9.97 Å². The van der Waals surface area contributed by atoms with Crippen molar-refractivity contribution in [2.24, 2.45) is 0 Å². The lowest BCUT2D eigenvalue weighted by Gasteiger charge is -2.16. The van der Waals surface area contributed by atoms with Gasteiger partial charge in [0.1, 0.15) is 11.6 Å². The molecule has 7 heteroatoms. The molecule has 6 nitrogen and oxygen atoms in total. The molecule has 0 amide bonds. The Labute approximate surface area is 175 Å². The Bertz CT molecular complexity index is 1210. The fourth-order valence-electron chi connectivity index (χ4n) is 3.19. The van der Waals surface area contributed by atoms with Crippen LogP contribution in [-0.2, 0) is 6.42 Å². The van der Waals surface area contributed by atoms with Crippen LogP contribution in [0.15, 0.2) is 82.6 Å². The van der Waals surface area contributed by atoms with Crippen LogP contribution >= 0.6 is 15.9 Å². The van der Waals surface area contributed by atoms with Crippen molar-refractivity contribution in [1.29, 1.82) is 5.26 Å². The van der Waals surface area contributed by atoms with Gasteiger partial charge in [0.2, 0.25) is 0 Å². The van der Waals surface area contributed by atoms with Crippen LogP contribution in [0, 0.1) is 11.3 Å². The van der Waals surface area contributed by atoms with Crippen LogP contribution in [0.5, 0.6) is 0 Å². The molecule has 1 unspecified atom stereocenters. The summed E-state index contributed by atoms with van der Waals surface area (Å²) in [5.41, 5.74) is 2.56. The van der Waals surface area contributed by atoms with Crippen molar-refractivity contribution in [1.82, 2.24) is 19.5 Å². The van der Waals surface area contributed by atoms with Crippen molar-refractivity contribution in [3.05, 3.63) is 111 Å². The molecule has 0 saturated carbocycles. The summed E-state index contributed by atoms with van der Waals surface area (Å²) in [7, 11) is 0. The molecule has 3 heterocycles. The Kier molecular flexibility index (Phi) is 5.36. The second-order valence-corrected chi connectivity index (χ2v) is 7.46. The van der Waals surface area contributed by atoms with Gasteiger partial charge in [-0.05, 0) is 57.7 Å². The number of halogens is 1. The van der Waals surface area contributed by atoms with Gasteiger partial charge in [-0.2, -0.15) is 5.26 Å². The highest BCUT2D eigenvalue weighted by Gasteiger charge is 2.18. The number of nitrogens with zero attached hydrogens (tertiary/aromatic N) is 4. The van der Waals surface area contributed by atoms with Crippen LogP contribution in [0.2, 0.25) is 0 Å². The summed E-state index contributed by atoms with van der Waals surface area (Å²) >= 11 is 3.38. The van der Waals surface area contributed by atoms with Crippen LogP contribution in [0.4, 0.5) is 0 Å². The largest absolute Gasteiger partial charge is 0.348 e. The molecule has 0 radical (unpaired) electrons. The summed E-state index contributed by atoms with van der Waals surface area (Å²) in [5, 5.41) is 9.04. The van der Waals surface area contributed by atoms with Crippen LogP contribution < -0.4 is 5.56 Å². The lowest BCUT2D eigenvalue weighted by Crippen LogP contribution is -2.17. The third kappa shape index (κ3) is 4.18. The van der Waals surface area contributed by atoms with Gasteiger partial charge in [0.25, 0.3) is 5.56 Å². The fourth-order valence-corrected chi connectivity index (χ4v) is 3.52. The van der Waals surface area contributed by atoms with E-state index in [1.165, 1.54) is 10.6 Å². The van der Waals surface area contributed by atoms with Crippen molar-refractivity contribution in [2.75, 3.05) is 0 Å². The number of aromatic amines is 1. The zero-order valence-electron chi connectivity index (χ0n) is 15.3. The van der Waals surface area contributed by atoms with E-state index in [4.69, 9.17) is 5.26 Å². The Balaban J connectivity index is 1.63. The molecular formula is C22H16BrN5O. The summed E-state index contributed by atoms with van der Waals surface area (Å²) in [4.78, 5) is 24.2. The SMILES string of the molecule is N#Cc1ccc(C(Cc2ccc(-n3cc(Br)ccc3=O)nc2)c2ncc[nH]2)cc1. The van der Waals surface area contributed by atoms with Gasteiger partial charge in [-0.15, -0.1) is 0 Å². The van der Waals surface area contributed by atoms with Crippen molar-refractivity contribution in [3.63, 3.8) is 0 Å². The minimum absolute atomic E-state index is 0.000940. The summed E-state index contributed by atoms with van der Waals surface area (Å²) in [6, 6.07) is 16.7. The number of nitrogens with one attached hydrogen (secondary N) is 1. The lowest BCUT2D eigenvalue weighted by molar-refractivity contribution is 0.748. The first-order valence-electron chi connectivity index (χ1n) is 8.97. The van der Waals surface area contributed by atoms with E-state index in [0.717, 1.165) is 21.4 Å². The minimum atomic E-state index is -0.139. The van der Waals surface area contributed by atoms with Gasteiger partial charge in [0.05, 0.1) is 11.6 Å². The molecule has 0 bridgehead atoms. The van der Waals surface area contributed by atoms with E-state index in [9.17, 15) is 4.79 Å². The third-order valence-electron chi connectivity index (χ3n) is 4.66.